The summed E-state index contributed by atoms with van der Waals surface area (Å²) in [6.07, 6.45) is 0. The molecule has 1 aromatic heterocycles. The predicted molar refractivity (Wildman–Crippen MR) is 126 cm³/mol. The van der Waals surface area contributed by atoms with Crippen molar-refractivity contribution in [3.8, 4) is 23.0 Å². The molecular weight excluding hydrogens is 450 g/mol. The Balaban J connectivity index is 1.53. The van der Waals surface area contributed by atoms with E-state index < -0.39 is 6.04 Å². The molecule has 8 heteroatoms. The first kappa shape index (κ1) is 21.1. The van der Waals surface area contributed by atoms with Crippen LogP contribution >= 0.6 is 0 Å². The summed E-state index contributed by atoms with van der Waals surface area (Å²) in [5.41, 5.74) is 1.99. The molecule has 6 rings (SSSR count). The highest BCUT2D eigenvalue weighted by molar-refractivity contribution is 5.99. The van der Waals surface area contributed by atoms with Gasteiger partial charge in [-0.1, -0.05) is 24.3 Å². The first-order valence-corrected chi connectivity index (χ1v) is 11.1. The number of fused-ring (bicyclic) bond motifs is 3. The fourth-order valence-electron chi connectivity index (χ4n) is 4.74. The zero-order chi connectivity index (χ0) is 24.1. The first-order valence-electron chi connectivity index (χ1n) is 11.1. The lowest BCUT2D eigenvalue weighted by Gasteiger charge is -2.26. The SMILES string of the molecule is COc1ccc(C2c3c(oc4ccccc4c3=O)C(=O)N2Cc2ccc3c(c2)OCO3)cc1OC. The van der Waals surface area contributed by atoms with E-state index in [1.165, 1.54) is 0 Å². The van der Waals surface area contributed by atoms with Crippen LogP contribution in [0.1, 0.15) is 33.3 Å². The predicted octanol–water partition coefficient (Wildman–Crippen LogP) is 4.28. The van der Waals surface area contributed by atoms with Gasteiger partial charge in [0.1, 0.15) is 5.58 Å². The second kappa shape index (κ2) is 8.09. The normalized spacial score (nSPS) is 16.0. The minimum atomic E-state index is -0.677. The number of hydrogen-bond acceptors (Lipinski definition) is 7. The molecule has 0 radical (unpaired) electrons. The lowest BCUT2D eigenvalue weighted by Crippen LogP contribution is -2.29. The van der Waals surface area contributed by atoms with Gasteiger partial charge < -0.3 is 28.3 Å². The summed E-state index contributed by atoms with van der Waals surface area (Å²) in [4.78, 5) is 29.0. The molecule has 1 unspecified atom stereocenters. The van der Waals surface area contributed by atoms with Gasteiger partial charge in [0.2, 0.25) is 12.6 Å². The number of para-hydroxylation sites is 1. The molecule has 0 fully saturated rings. The molecule has 8 nitrogen and oxygen atoms in total. The van der Waals surface area contributed by atoms with E-state index in [-0.39, 0.29) is 30.4 Å². The van der Waals surface area contributed by atoms with Gasteiger partial charge >= 0.3 is 0 Å². The Kier molecular flexibility index (Phi) is 4.88. The van der Waals surface area contributed by atoms with Crippen molar-refractivity contribution in [3.05, 3.63) is 93.3 Å². The highest BCUT2D eigenvalue weighted by Crippen LogP contribution is 2.42. The number of benzene rings is 3. The third-order valence-corrected chi connectivity index (χ3v) is 6.39. The topological polar surface area (TPSA) is 87.4 Å². The van der Waals surface area contributed by atoms with Gasteiger partial charge in [-0.15, -0.1) is 0 Å². The number of carbonyl (C=O) groups is 1. The zero-order valence-corrected chi connectivity index (χ0v) is 19.1. The van der Waals surface area contributed by atoms with Gasteiger partial charge in [0, 0.05) is 6.54 Å². The van der Waals surface area contributed by atoms with Gasteiger partial charge in [-0.2, -0.15) is 0 Å². The summed E-state index contributed by atoms with van der Waals surface area (Å²) in [5, 5.41) is 0.425. The maximum absolute atomic E-state index is 13.7. The monoisotopic (exact) mass is 471 g/mol. The Labute approximate surface area is 200 Å². The van der Waals surface area contributed by atoms with Crippen LogP contribution in [0, 0.1) is 0 Å². The van der Waals surface area contributed by atoms with Gasteiger partial charge in [-0.3, -0.25) is 9.59 Å². The highest BCUT2D eigenvalue weighted by atomic mass is 16.7. The Morgan fingerprint density at radius 3 is 2.54 bits per heavy atom. The number of ether oxygens (including phenoxy) is 4. The lowest BCUT2D eigenvalue weighted by molar-refractivity contribution is 0.0714. The molecule has 3 heterocycles. The highest BCUT2D eigenvalue weighted by Gasteiger charge is 2.43. The Bertz CT molecular complexity index is 1540. The van der Waals surface area contributed by atoms with Crippen LogP contribution in [0.3, 0.4) is 0 Å². The summed E-state index contributed by atoms with van der Waals surface area (Å²) < 4.78 is 27.8. The molecule has 176 valence electrons. The molecule has 1 atom stereocenters. The van der Waals surface area contributed by atoms with E-state index in [1.54, 1.807) is 55.5 Å². The van der Waals surface area contributed by atoms with Crippen LogP contribution in [0.5, 0.6) is 23.0 Å². The molecule has 35 heavy (non-hydrogen) atoms. The molecule has 0 bridgehead atoms. The van der Waals surface area contributed by atoms with Crippen LogP contribution in [-0.2, 0) is 6.54 Å². The van der Waals surface area contributed by atoms with Crippen molar-refractivity contribution < 1.29 is 28.2 Å². The number of hydrogen-bond donors (Lipinski definition) is 0. The maximum atomic E-state index is 13.7. The number of amides is 1. The third kappa shape index (κ3) is 3.29. The zero-order valence-electron chi connectivity index (χ0n) is 19.1. The van der Waals surface area contributed by atoms with Crippen LogP contribution < -0.4 is 24.4 Å². The van der Waals surface area contributed by atoms with Crippen molar-refractivity contribution in [2.45, 2.75) is 12.6 Å². The molecule has 3 aromatic carbocycles. The Morgan fingerprint density at radius 2 is 1.71 bits per heavy atom. The van der Waals surface area contributed by atoms with Crippen LogP contribution in [0.25, 0.3) is 11.0 Å². The van der Waals surface area contributed by atoms with Crippen molar-refractivity contribution in [3.63, 3.8) is 0 Å². The van der Waals surface area contributed by atoms with Crippen molar-refractivity contribution in [1.29, 1.82) is 0 Å². The summed E-state index contributed by atoms with van der Waals surface area (Å²) in [6, 6.07) is 17.2. The molecular formula is C27H21NO7. The second-order valence-electron chi connectivity index (χ2n) is 8.31. The number of nitrogens with zero attached hydrogens (tertiary/aromatic N) is 1. The summed E-state index contributed by atoms with van der Waals surface area (Å²) in [5.74, 6) is 2.01. The summed E-state index contributed by atoms with van der Waals surface area (Å²) in [7, 11) is 3.10. The minimum absolute atomic E-state index is 0.0502. The van der Waals surface area contributed by atoms with Crippen molar-refractivity contribution in [2.24, 2.45) is 0 Å². The molecule has 1 amide bonds. The molecule has 0 spiro atoms. The second-order valence-corrected chi connectivity index (χ2v) is 8.31. The number of methoxy groups -OCH3 is 2. The molecule has 0 N–H and O–H groups in total. The quantitative estimate of drug-likeness (QED) is 0.429. The van der Waals surface area contributed by atoms with Crippen LogP contribution in [0.15, 0.2) is 69.9 Å². The van der Waals surface area contributed by atoms with Gasteiger partial charge in [-0.25, -0.2) is 0 Å². The first-order chi connectivity index (χ1) is 17.1. The van der Waals surface area contributed by atoms with E-state index in [9.17, 15) is 9.59 Å². The van der Waals surface area contributed by atoms with Gasteiger partial charge in [0.05, 0.1) is 31.2 Å². The fourth-order valence-corrected chi connectivity index (χ4v) is 4.74. The van der Waals surface area contributed by atoms with E-state index in [2.05, 4.69) is 0 Å². The van der Waals surface area contributed by atoms with Gasteiger partial charge in [0.25, 0.3) is 5.91 Å². The van der Waals surface area contributed by atoms with Crippen molar-refractivity contribution >= 4 is 16.9 Å². The third-order valence-electron chi connectivity index (χ3n) is 6.39. The van der Waals surface area contributed by atoms with Gasteiger partial charge in [0.15, 0.2) is 28.4 Å². The maximum Gasteiger partial charge on any atom is 0.291 e. The molecule has 2 aliphatic heterocycles. The van der Waals surface area contributed by atoms with E-state index >= 15 is 0 Å². The minimum Gasteiger partial charge on any atom is -0.493 e. The largest absolute Gasteiger partial charge is 0.493 e. The van der Waals surface area contributed by atoms with E-state index in [4.69, 9.17) is 23.4 Å². The Morgan fingerprint density at radius 1 is 0.914 bits per heavy atom. The molecule has 0 saturated heterocycles. The van der Waals surface area contributed by atoms with Crippen molar-refractivity contribution in [2.75, 3.05) is 21.0 Å². The fraction of sp³-hybridized carbons (Fsp3) is 0.185. The average molecular weight is 471 g/mol. The van der Waals surface area contributed by atoms with Crippen molar-refractivity contribution in [1.82, 2.24) is 4.90 Å². The molecule has 0 aliphatic carbocycles. The van der Waals surface area contributed by atoms with E-state index in [0.29, 0.717) is 45.1 Å². The summed E-state index contributed by atoms with van der Waals surface area (Å²) >= 11 is 0. The lowest BCUT2D eigenvalue weighted by atomic mass is 9.97. The van der Waals surface area contributed by atoms with Crippen LogP contribution in [0.4, 0.5) is 0 Å². The van der Waals surface area contributed by atoms with E-state index in [0.717, 1.165) is 5.56 Å². The summed E-state index contributed by atoms with van der Waals surface area (Å²) in [6.45, 7) is 0.390. The Hall–Kier alpha value is -4.46. The smallest absolute Gasteiger partial charge is 0.291 e. The molecule has 0 saturated carbocycles. The van der Waals surface area contributed by atoms with Gasteiger partial charge in [-0.05, 0) is 47.5 Å². The van der Waals surface area contributed by atoms with E-state index in [1.807, 2.05) is 24.3 Å². The van der Waals surface area contributed by atoms with Crippen LogP contribution in [-0.4, -0.2) is 31.8 Å². The standard InChI is InChI=1S/C27H21NO7/c1-31-19-10-8-16(12-21(19)32-2)24-23-25(29)17-5-3-4-6-18(17)35-26(23)27(30)28(24)13-15-7-9-20-22(11-15)34-14-33-20/h3-12,24H,13-14H2,1-2H3. The number of carbonyl (C=O) groups excluding carboxylic acids is 1. The molecule has 2 aliphatic rings. The average Bonchev–Trinajstić information content (AvgIpc) is 3.46. The van der Waals surface area contributed by atoms with Crippen LogP contribution in [0.2, 0.25) is 0 Å². The molecule has 4 aromatic rings. The number of rotatable bonds is 5.